The number of rotatable bonds is 13. The smallest absolute Gasteiger partial charge is 0.224 e. The SMILES string of the molecule is COc1ccc(CN2CCOCC2)cc1-c1ccc(O)c2c1C[C@@H](C[C@@H](CCO)[C@](O)(CO)C(=O)CC(N)=O)CC2=O. The van der Waals surface area contributed by atoms with Gasteiger partial charge in [-0.15, -0.1) is 0 Å². The second-order valence-electron chi connectivity index (χ2n) is 11.2. The van der Waals surface area contributed by atoms with Crippen LogP contribution in [-0.4, -0.2) is 95.0 Å². The molecule has 11 nitrogen and oxygen atoms in total. The van der Waals surface area contributed by atoms with E-state index in [0.717, 1.165) is 29.8 Å². The number of benzene rings is 2. The number of hydrogen-bond donors (Lipinski definition) is 5. The minimum atomic E-state index is -2.31. The number of phenols is 1. The minimum absolute atomic E-state index is 0.0334. The summed E-state index contributed by atoms with van der Waals surface area (Å²) in [5, 5.41) is 41.6. The van der Waals surface area contributed by atoms with Crippen molar-refractivity contribution in [3.8, 4) is 22.6 Å². The van der Waals surface area contributed by atoms with E-state index in [9.17, 15) is 34.8 Å². The summed E-state index contributed by atoms with van der Waals surface area (Å²) in [5.41, 5.74) is 6.25. The summed E-state index contributed by atoms with van der Waals surface area (Å²) < 4.78 is 11.1. The van der Waals surface area contributed by atoms with Crippen LogP contribution in [0.2, 0.25) is 0 Å². The number of phenolic OH excluding ortho intramolecular Hbond substituents is 1. The fraction of sp³-hybridized carbons (Fsp3) is 0.516. The standard InChI is InChI=1S/C31H40N2O9/c1-41-27-5-2-19(17-33-7-10-42-11-8-33)13-23(27)22-3-4-25(36)30-24(22)14-20(15-26(30)37)12-21(6-9-34)31(40,18-35)28(38)16-29(32)39/h2-5,13,20-21,34-36,40H,6-12,14-18H2,1H3,(H2,32,39)/t20-,21-,31-/m1/s1. The van der Waals surface area contributed by atoms with Gasteiger partial charge in [-0.1, -0.05) is 12.1 Å². The summed E-state index contributed by atoms with van der Waals surface area (Å²) in [6.45, 7) is 2.37. The number of aliphatic hydroxyl groups excluding tert-OH is 2. The monoisotopic (exact) mass is 584 g/mol. The lowest BCUT2D eigenvalue weighted by molar-refractivity contribution is -0.153. The number of aliphatic hydroxyl groups is 3. The van der Waals surface area contributed by atoms with E-state index in [0.29, 0.717) is 37.5 Å². The molecule has 0 bridgehead atoms. The van der Waals surface area contributed by atoms with E-state index in [4.69, 9.17) is 15.2 Å². The van der Waals surface area contributed by atoms with Gasteiger partial charge in [0, 0.05) is 38.2 Å². The van der Waals surface area contributed by atoms with Gasteiger partial charge in [0.1, 0.15) is 17.1 Å². The van der Waals surface area contributed by atoms with Crippen LogP contribution in [0.15, 0.2) is 30.3 Å². The highest BCUT2D eigenvalue weighted by Gasteiger charge is 2.45. The van der Waals surface area contributed by atoms with Crippen molar-refractivity contribution in [1.29, 1.82) is 0 Å². The predicted octanol–water partition coefficient (Wildman–Crippen LogP) is 1.20. The highest BCUT2D eigenvalue weighted by atomic mass is 16.5. The zero-order valence-electron chi connectivity index (χ0n) is 23.9. The first-order chi connectivity index (χ1) is 20.1. The van der Waals surface area contributed by atoms with E-state index in [1.54, 1.807) is 13.2 Å². The Morgan fingerprint density at radius 1 is 1.14 bits per heavy atom. The number of fused-ring (bicyclic) bond motifs is 1. The first-order valence-electron chi connectivity index (χ1n) is 14.2. The van der Waals surface area contributed by atoms with E-state index in [1.807, 2.05) is 18.2 Å². The molecule has 2 aliphatic rings. The summed E-state index contributed by atoms with van der Waals surface area (Å²) in [7, 11) is 1.57. The highest BCUT2D eigenvalue weighted by Crippen LogP contribution is 2.44. The summed E-state index contributed by atoms with van der Waals surface area (Å²) >= 11 is 0. The molecule has 2 aromatic rings. The zero-order valence-corrected chi connectivity index (χ0v) is 23.9. The third-order valence-corrected chi connectivity index (χ3v) is 8.43. The van der Waals surface area contributed by atoms with Gasteiger partial charge in [0.05, 0.1) is 38.9 Å². The van der Waals surface area contributed by atoms with Crippen LogP contribution in [-0.2, 0) is 27.3 Å². The number of ketones is 2. The molecule has 1 amide bonds. The van der Waals surface area contributed by atoms with Crippen LogP contribution in [0.5, 0.6) is 11.5 Å². The molecular formula is C31H40N2O9. The first kappa shape index (κ1) is 31.6. The van der Waals surface area contributed by atoms with Crippen LogP contribution < -0.4 is 10.5 Å². The number of amides is 1. The number of carbonyl (C=O) groups is 3. The fourth-order valence-electron chi connectivity index (χ4n) is 6.25. The van der Waals surface area contributed by atoms with E-state index < -0.39 is 36.2 Å². The maximum atomic E-state index is 13.4. The van der Waals surface area contributed by atoms with Gasteiger partial charge in [-0.25, -0.2) is 0 Å². The molecule has 1 fully saturated rings. The Morgan fingerprint density at radius 3 is 2.52 bits per heavy atom. The topological polar surface area (TPSA) is 180 Å². The first-order valence-corrected chi connectivity index (χ1v) is 14.2. The van der Waals surface area contributed by atoms with Crippen LogP contribution in [0.3, 0.4) is 0 Å². The Labute approximate surface area is 244 Å². The van der Waals surface area contributed by atoms with Gasteiger partial charge in [0.25, 0.3) is 0 Å². The maximum Gasteiger partial charge on any atom is 0.224 e. The second-order valence-corrected chi connectivity index (χ2v) is 11.2. The van der Waals surface area contributed by atoms with Crippen LogP contribution >= 0.6 is 0 Å². The molecule has 42 heavy (non-hydrogen) atoms. The Kier molecular flexibility index (Phi) is 10.3. The number of Topliss-reactive ketones (excluding diaryl/α,β-unsaturated/α-hetero) is 2. The number of aromatic hydroxyl groups is 1. The Hall–Kier alpha value is -3.35. The molecule has 1 aliphatic heterocycles. The van der Waals surface area contributed by atoms with Crippen molar-refractivity contribution in [3.63, 3.8) is 0 Å². The third-order valence-electron chi connectivity index (χ3n) is 8.43. The quantitative estimate of drug-likeness (QED) is 0.215. The van der Waals surface area contributed by atoms with Gasteiger partial charge in [-0.05, 0) is 66.0 Å². The summed E-state index contributed by atoms with van der Waals surface area (Å²) in [6, 6.07) is 9.16. The lowest BCUT2D eigenvalue weighted by atomic mass is 9.71. The number of nitrogens with two attached hydrogens (primary N) is 1. The van der Waals surface area contributed by atoms with Gasteiger partial charge in [0.15, 0.2) is 11.6 Å². The number of morpholine rings is 1. The maximum absolute atomic E-state index is 13.4. The largest absolute Gasteiger partial charge is 0.507 e. The highest BCUT2D eigenvalue weighted by molar-refractivity contribution is 6.03. The van der Waals surface area contributed by atoms with Crippen LogP contribution in [0, 0.1) is 11.8 Å². The molecule has 3 atom stereocenters. The second kappa shape index (κ2) is 13.7. The summed E-state index contributed by atoms with van der Waals surface area (Å²) in [5.74, 6) is -3.01. The molecular weight excluding hydrogens is 544 g/mol. The number of hydrogen-bond acceptors (Lipinski definition) is 10. The van der Waals surface area contributed by atoms with Crippen molar-refractivity contribution in [2.75, 3.05) is 46.6 Å². The lowest BCUT2D eigenvalue weighted by Gasteiger charge is -2.36. The molecule has 0 spiro atoms. The number of nitrogens with zero attached hydrogens (tertiary/aromatic N) is 1. The van der Waals surface area contributed by atoms with Crippen molar-refractivity contribution in [2.45, 2.75) is 44.2 Å². The van der Waals surface area contributed by atoms with Crippen molar-refractivity contribution < 1.29 is 44.3 Å². The van der Waals surface area contributed by atoms with E-state index in [2.05, 4.69) is 4.90 Å². The van der Waals surface area contributed by atoms with Crippen LogP contribution in [0.1, 0.15) is 47.2 Å². The normalized spacial score (nSPS) is 19.5. The molecule has 2 aromatic carbocycles. The molecule has 228 valence electrons. The third kappa shape index (κ3) is 6.82. The molecule has 0 radical (unpaired) electrons. The molecule has 1 heterocycles. The molecule has 4 rings (SSSR count). The van der Waals surface area contributed by atoms with Crippen molar-refractivity contribution >= 4 is 17.5 Å². The summed E-state index contributed by atoms with van der Waals surface area (Å²) in [4.78, 5) is 39.8. The van der Waals surface area contributed by atoms with E-state index in [-0.39, 0.29) is 48.9 Å². The van der Waals surface area contributed by atoms with Crippen molar-refractivity contribution in [3.05, 3.63) is 47.0 Å². The molecule has 11 heteroatoms. The lowest BCUT2D eigenvalue weighted by Crippen LogP contribution is -2.51. The van der Waals surface area contributed by atoms with Gasteiger partial charge >= 0.3 is 0 Å². The number of ether oxygens (including phenoxy) is 2. The van der Waals surface area contributed by atoms with Crippen molar-refractivity contribution in [1.82, 2.24) is 4.90 Å². The molecule has 6 N–H and O–H groups in total. The average molecular weight is 585 g/mol. The number of primary amides is 1. The fourth-order valence-corrected chi connectivity index (χ4v) is 6.25. The zero-order chi connectivity index (χ0) is 30.4. The molecule has 1 aliphatic carbocycles. The summed E-state index contributed by atoms with van der Waals surface area (Å²) in [6.07, 6.45) is -0.329. The molecule has 1 saturated heterocycles. The number of methoxy groups -OCH3 is 1. The molecule has 0 saturated carbocycles. The Bertz CT molecular complexity index is 1310. The number of carbonyl (C=O) groups excluding carboxylic acids is 3. The average Bonchev–Trinajstić information content (AvgIpc) is 2.96. The van der Waals surface area contributed by atoms with Gasteiger partial charge in [0.2, 0.25) is 5.91 Å². The van der Waals surface area contributed by atoms with Crippen LogP contribution in [0.4, 0.5) is 0 Å². The van der Waals surface area contributed by atoms with Gasteiger partial charge in [-0.3, -0.25) is 19.3 Å². The molecule has 0 unspecified atom stereocenters. The van der Waals surface area contributed by atoms with E-state index in [1.165, 1.54) is 6.07 Å². The predicted molar refractivity (Wildman–Crippen MR) is 153 cm³/mol. The molecule has 0 aromatic heterocycles. The van der Waals surface area contributed by atoms with Gasteiger partial charge < -0.3 is 35.6 Å². The van der Waals surface area contributed by atoms with Crippen molar-refractivity contribution in [2.24, 2.45) is 17.6 Å². The minimum Gasteiger partial charge on any atom is -0.507 e. The Balaban J connectivity index is 1.69. The Morgan fingerprint density at radius 2 is 1.88 bits per heavy atom. The van der Waals surface area contributed by atoms with Crippen LogP contribution in [0.25, 0.3) is 11.1 Å². The van der Waals surface area contributed by atoms with Gasteiger partial charge in [-0.2, -0.15) is 0 Å². The van der Waals surface area contributed by atoms with E-state index >= 15 is 0 Å².